The molecule has 0 radical (unpaired) electrons. The van der Waals surface area contributed by atoms with Crippen LogP contribution in [0.2, 0.25) is 5.02 Å². The van der Waals surface area contributed by atoms with Gasteiger partial charge in [0.15, 0.2) is 5.16 Å². The first-order valence-electron chi connectivity index (χ1n) is 10.4. The van der Waals surface area contributed by atoms with Gasteiger partial charge in [-0.15, -0.1) is 10.2 Å². The summed E-state index contributed by atoms with van der Waals surface area (Å²) in [6, 6.07) is 20.3. The number of fused-ring (bicyclic) bond motifs is 1. The van der Waals surface area contributed by atoms with Crippen LogP contribution in [0, 0.1) is 6.92 Å². The smallest absolute Gasteiger partial charge is 0.266 e. The van der Waals surface area contributed by atoms with Crippen LogP contribution in [0.4, 0.5) is 0 Å². The van der Waals surface area contributed by atoms with Crippen LogP contribution < -0.4 is 10.3 Å². The quantitative estimate of drug-likeness (QED) is 0.223. The molecule has 0 aliphatic carbocycles. The van der Waals surface area contributed by atoms with E-state index in [1.165, 1.54) is 11.8 Å². The maximum Gasteiger partial charge on any atom is 0.266 e. The Kier molecular flexibility index (Phi) is 6.08. The summed E-state index contributed by atoms with van der Waals surface area (Å²) in [6.45, 7) is 1.96. The fourth-order valence-corrected chi connectivity index (χ4v) is 4.57. The first-order chi connectivity index (χ1) is 16.5. The Labute approximate surface area is 204 Å². The monoisotopic (exact) mass is 490 g/mol. The molecule has 5 rings (SSSR count). The first kappa shape index (κ1) is 22.2. The van der Waals surface area contributed by atoms with Crippen LogP contribution in [0.5, 0.6) is 5.75 Å². The van der Waals surface area contributed by atoms with Gasteiger partial charge in [-0.1, -0.05) is 47.6 Å². The van der Waals surface area contributed by atoms with E-state index < -0.39 is 0 Å². The van der Waals surface area contributed by atoms with Crippen LogP contribution in [0.1, 0.15) is 11.5 Å². The topological polar surface area (TPSA) is 83.0 Å². The number of rotatable bonds is 6. The number of ether oxygens (including phenoxy) is 1. The zero-order chi connectivity index (χ0) is 23.7. The van der Waals surface area contributed by atoms with Gasteiger partial charge in [-0.2, -0.15) is 0 Å². The van der Waals surface area contributed by atoms with Gasteiger partial charge in [0.25, 0.3) is 5.56 Å². The fourth-order valence-electron chi connectivity index (χ4n) is 3.56. The molecular weight excluding hydrogens is 472 g/mol. The van der Waals surface area contributed by atoms with Gasteiger partial charge in [-0.05, 0) is 55.0 Å². The number of benzene rings is 3. The number of thioether (sulfide) groups is 1. The second kappa shape index (κ2) is 9.32. The van der Waals surface area contributed by atoms with Crippen LogP contribution in [-0.4, -0.2) is 26.9 Å². The van der Waals surface area contributed by atoms with Gasteiger partial charge >= 0.3 is 0 Å². The molecule has 7 nitrogen and oxygen atoms in total. The summed E-state index contributed by atoms with van der Waals surface area (Å²) >= 11 is 7.49. The van der Waals surface area contributed by atoms with Crippen molar-refractivity contribution in [3.8, 4) is 22.9 Å². The van der Waals surface area contributed by atoms with Crippen LogP contribution >= 0.6 is 23.4 Å². The van der Waals surface area contributed by atoms with Crippen LogP contribution in [0.15, 0.2) is 81.1 Å². The molecule has 0 amide bonds. The molecule has 0 bridgehead atoms. The second-order valence-corrected chi connectivity index (χ2v) is 8.91. The number of methoxy groups -OCH3 is 1. The van der Waals surface area contributed by atoms with Crippen molar-refractivity contribution in [1.29, 1.82) is 0 Å². The van der Waals surface area contributed by atoms with Crippen molar-refractivity contribution < 1.29 is 9.15 Å². The highest BCUT2D eigenvalue weighted by atomic mass is 35.5. The Morgan fingerprint density at radius 1 is 1.06 bits per heavy atom. The number of halogens is 1. The van der Waals surface area contributed by atoms with E-state index in [2.05, 4.69) is 10.2 Å². The minimum absolute atomic E-state index is 0.219. The molecule has 0 saturated heterocycles. The van der Waals surface area contributed by atoms with Crippen LogP contribution in [0.3, 0.4) is 0 Å². The van der Waals surface area contributed by atoms with Gasteiger partial charge in [0.05, 0.1) is 29.5 Å². The van der Waals surface area contributed by atoms with E-state index in [1.807, 2.05) is 55.5 Å². The number of aryl methyl sites for hydroxylation is 1. The van der Waals surface area contributed by atoms with Crippen molar-refractivity contribution in [3.05, 3.63) is 93.6 Å². The third kappa shape index (κ3) is 4.30. The molecule has 2 heterocycles. The molecule has 0 fully saturated rings. The molecule has 3 aromatic carbocycles. The van der Waals surface area contributed by atoms with E-state index in [-0.39, 0.29) is 5.56 Å². The van der Waals surface area contributed by atoms with Crippen LogP contribution in [0.25, 0.3) is 28.0 Å². The Hall–Kier alpha value is -3.62. The zero-order valence-corrected chi connectivity index (χ0v) is 19.9. The van der Waals surface area contributed by atoms with E-state index in [4.69, 9.17) is 25.7 Å². The average molecular weight is 491 g/mol. The van der Waals surface area contributed by atoms with Crippen molar-refractivity contribution in [2.75, 3.05) is 7.11 Å². The van der Waals surface area contributed by atoms with Crippen molar-refractivity contribution in [2.45, 2.75) is 17.8 Å². The molecule has 0 atom stereocenters. The van der Waals surface area contributed by atoms with Crippen molar-refractivity contribution in [2.24, 2.45) is 0 Å². The molecule has 170 valence electrons. The predicted octanol–water partition coefficient (Wildman–Crippen LogP) is 5.70. The molecule has 0 spiro atoms. The van der Waals surface area contributed by atoms with E-state index in [0.717, 1.165) is 11.1 Å². The summed E-state index contributed by atoms with van der Waals surface area (Å²) in [5, 5.41) is 9.73. The van der Waals surface area contributed by atoms with E-state index in [1.54, 1.807) is 29.9 Å². The minimum atomic E-state index is -0.219. The number of hydrogen-bond donors (Lipinski definition) is 0. The van der Waals surface area contributed by atoms with E-state index in [9.17, 15) is 4.79 Å². The Morgan fingerprint density at radius 3 is 2.68 bits per heavy atom. The summed E-state index contributed by atoms with van der Waals surface area (Å²) < 4.78 is 12.9. The van der Waals surface area contributed by atoms with Gasteiger partial charge in [0, 0.05) is 10.6 Å². The SMILES string of the molecule is COc1ccc(C)cc1-n1c(SCc2nnc(-c3ccccc3)o2)nc2cc(Cl)ccc2c1=O. The third-order valence-electron chi connectivity index (χ3n) is 5.19. The Bertz CT molecular complexity index is 1550. The van der Waals surface area contributed by atoms with Gasteiger partial charge < -0.3 is 9.15 Å². The molecule has 2 aromatic heterocycles. The first-order valence-corrected chi connectivity index (χ1v) is 11.8. The highest BCUT2D eigenvalue weighted by Gasteiger charge is 2.18. The second-order valence-electron chi connectivity index (χ2n) is 7.53. The minimum Gasteiger partial charge on any atom is -0.495 e. The van der Waals surface area contributed by atoms with E-state index >= 15 is 0 Å². The standard InChI is InChI=1S/C25H19ClN4O3S/c1-15-8-11-21(32-2)20(12-15)30-24(31)18-10-9-17(26)13-19(18)27-25(30)34-14-22-28-29-23(33-22)16-6-4-3-5-7-16/h3-13H,14H2,1-2H3. The van der Waals surface area contributed by atoms with Gasteiger partial charge in [0.2, 0.25) is 11.8 Å². The maximum atomic E-state index is 13.6. The third-order valence-corrected chi connectivity index (χ3v) is 6.35. The predicted molar refractivity (Wildman–Crippen MR) is 133 cm³/mol. The molecule has 0 unspecified atom stereocenters. The largest absolute Gasteiger partial charge is 0.495 e. The number of aromatic nitrogens is 4. The van der Waals surface area contributed by atoms with Gasteiger partial charge in [-0.25, -0.2) is 4.98 Å². The lowest BCUT2D eigenvalue weighted by molar-refractivity contribution is 0.411. The maximum absolute atomic E-state index is 13.6. The Balaban J connectivity index is 1.59. The number of hydrogen-bond acceptors (Lipinski definition) is 7. The normalized spacial score (nSPS) is 11.1. The van der Waals surface area contributed by atoms with Gasteiger partial charge in [0.1, 0.15) is 5.75 Å². The highest BCUT2D eigenvalue weighted by Crippen LogP contribution is 2.30. The van der Waals surface area contributed by atoms with Crippen molar-refractivity contribution in [3.63, 3.8) is 0 Å². The number of nitrogens with zero attached hydrogens (tertiary/aromatic N) is 4. The molecule has 9 heteroatoms. The molecule has 5 aromatic rings. The Morgan fingerprint density at radius 2 is 1.88 bits per heavy atom. The molecule has 0 aliphatic heterocycles. The summed E-state index contributed by atoms with van der Waals surface area (Å²) in [7, 11) is 1.57. The molecule has 0 aliphatic rings. The lowest BCUT2D eigenvalue weighted by atomic mass is 10.2. The molecule has 0 N–H and O–H groups in total. The van der Waals surface area contributed by atoms with Crippen molar-refractivity contribution in [1.82, 2.24) is 19.7 Å². The van der Waals surface area contributed by atoms with Crippen LogP contribution in [-0.2, 0) is 5.75 Å². The van der Waals surface area contributed by atoms with Gasteiger partial charge in [-0.3, -0.25) is 9.36 Å². The fraction of sp³-hybridized carbons (Fsp3) is 0.120. The average Bonchev–Trinajstić information content (AvgIpc) is 3.32. The highest BCUT2D eigenvalue weighted by molar-refractivity contribution is 7.98. The molecule has 0 saturated carbocycles. The zero-order valence-electron chi connectivity index (χ0n) is 18.4. The lowest BCUT2D eigenvalue weighted by Crippen LogP contribution is -2.22. The summed E-state index contributed by atoms with van der Waals surface area (Å²) in [6.07, 6.45) is 0. The summed E-state index contributed by atoms with van der Waals surface area (Å²) in [5.74, 6) is 1.75. The van der Waals surface area contributed by atoms with E-state index in [0.29, 0.717) is 50.1 Å². The summed E-state index contributed by atoms with van der Waals surface area (Å²) in [5.41, 5.74) is 2.72. The summed E-state index contributed by atoms with van der Waals surface area (Å²) in [4.78, 5) is 18.4. The molecular formula is C25H19ClN4O3S. The molecule has 34 heavy (non-hydrogen) atoms. The van der Waals surface area contributed by atoms with Crippen molar-refractivity contribution >= 4 is 34.3 Å². The lowest BCUT2D eigenvalue weighted by Gasteiger charge is -2.16.